The summed E-state index contributed by atoms with van der Waals surface area (Å²) in [6.07, 6.45) is 0.702. The molecule has 3 aromatic rings. The van der Waals surface area contributed by atoms with Gasteiger partial charge in [-0.25, -0.2) is 4.98 Å². The van der Waals surface area contributed by atoms with Gasteiger partial charge in [0.2, 0.25) is 5.88 Å². The number of aryl methyl sites for hydroxylation is 1. The molecule has 0 radical (unpaired) electrons. The van der Waals surface area contributed by atoms with E-state index in [1.54, 1.807) is 0 Å². The van der Waals surface area contributed by atoms with Crippen molar-refractivity contribution in [2.24, 2.45) is 0 Å². The van der Waals surface area contributed by atoms with E-state index in [0.717, 1.165) is 22.8 Å². The molecule has 0 fully saturated rings. The van der Waals surface area contributed by atoms with Crippen LogP contribution < -0.4 is 4.74 Å². The highest BCUT2D eigenvalue weighted by Crippen LogP contribution is 2.19. The highest BCUT2D eigenvalue weighted by molar-refractivity contribution is 5.28. The predicted octanol–water partition coefficient (Wildman–Crippen LogP) is 4.17. The summed E-state index contributed by atoms with van der Waals surface area (Å²) in [7, 11) is 0. The van der Waals surface area contributed by atoms with Crippen LogP contribution in [0.5, 0.6) is 11.6 Å². The third-order valence-electron chi connectivity index (χ3n) is 3.06. The Bertz CT molecular complexity index is 726. The van der Waals surface area contributed by atoms with E-state index < -0.39 is 0 Å². The lowest BCUT2D eigenvalue weighted by molar-refractivity contribution is 0.461. The zero-order chi connectivity index (χ0) is 14.5. The molecule has 2 heterocycles. The molecule has 2 aromatic heterocycles. The van der Waals surface area contributed by atoms with Crippen LogP contribution in [0.25, 0.3) is 0 Å². The SMILES string of the molecule is Cc1cccc(Cc2cccc(Oc3ccccc3)n2)n1. The van der Waals surface area contributed by atoms with Gasteiger partial charge < -0.3 is 4.74 Å². The fourth-order valence-electron chi connectivity index (χ4n) is 2.11. The van der Waals surface area contributed by atoms with E-state index in [1.165, 1.54) is 0 Å². The maximum atomic E-state index is 5.75. The quantitative estimate of drug-likeness (QED) is 0.717. The maximum Gasteiger partial charge on any atom is 0.219 e. The number of nitrogens with zero attached hydrogens (tertiary/aromatic N) is 2. The molecule has 1 aromatic carbocycles. The molecule has 0 spiro atoms. The Morgan fingerprint density at radius 2 is 1.48 bits per heavy atom. The molecule has 0 aliphatic carbocycles. The number of rotatable bonds is 4. The molecule has 0 amide bonds. The van der Waals surface area contributed by atoms with Crippen molar-refractivity contribution < 1.29 is 4.74 Å². The first-order valence-corrected chi connectivity index (χ1v) is 6.91. The van der Waals surface area contributed by atoms with Crippen LogP contribution in [0.1, 0.15) is 17.1 Å². The summed E-state index contributed by atoms with van der Waals surface area (Å²) in [4.78, 5) is 9.03. The Morgan fingerprint density at radius 3 is 2.24 bits per heavy atom. The largest absolute Gasteiger partial charge is 0.439 e. The minimum atomic E-state index is 0.603. The van der Waals surface area contributed by atoms with Crippen LogP contribution in [0.4, 0.5) is 0 Å². The van der Waals surface area contributed by atoms with Gasteiger partial charge in [-0.3, -0.25) is 4.98 Å². The van der Waals surface area contributed by atoms with Gasteiger partial charge in [-0.2, -0.15) is 0 Å². The molecule has 0 saturated heterocycles. The summed E-state index contributed by atoms with van der Waals surface area (Å²) in [6, 6.07) is 21.5. The monoisotopic (exact) mass is 276 g/mol. The summed E-state index contributed by atoms with van der Waals surface area (Å²) in [5.74, 6) is 1.39. The van der Waals surface area contributed by atoms with Crippen LogP contribution >= 0.6 is 0 Å². The lowest BCUT2D eigenvalue weighted by Crippen LogP contribution is -1.97. The van der Waals surface area contributed by atoms with Crippen molar-refractivity contribution in [2.75, 3.05) is 0 Å². The normalized spacial score (nSPS) is 10.3. The molecular formula is C18H16N2O. The minimum absolute atomic E-state index is 0.603. The first-order valence-electron chi connectivity index (χ1n) is 6.91. The zero-order valence-electron chi connectivity index (χ0n) is 11.9. The molecular weight excluding hydrogens is 260 g/mol. The van der Waals surface area contributed by atoms with Gasteiger partial charge in [0.1, 0.15) is 5.75 Å². The van der Waals surface area contributed by atoms with Crippen molar-refractivity contribution in [1.29, 1.82) is 0 Å². The van der Waals surface area contributed by atoms with Crippen molar-refractivity contribution in [3.05, 3.63) is 83.8 Å². The highest BCUT2D eigenvalue weighted by atomic mass is 16.5. The predicted molar refractivity (Wildman–Crippen MR) is 82.5 cm³/mol. The molecule has 0 unspecified atom stereocenters. The molecule has 0 aliphatic rings. The van der Waals surface area contributed by atoms with Crippen LogP contribution in [0.3, 0.4) is 0 Å². The van der Waals surface area contributed by atoms with Crippen LogP contribution in [0.2, 0.25) is 0 Å². The maximum absolute atomic E-state index is 5.75. The van der Waals surface area contributed by atoms with E-state index in [9.17, 15) is 0 Å². The van der Waals surface area contributed by atoms with Gasteiger partial charge in [0, 0.05) is 23.9 Å². The van der Waals surface area contributed by atoms with Crippen molar-refractivity contribution in [3.8, 4) is 11.6 Å². The molecule has 104 valence electrons. The topological polar surface area (TPSA) is 35.0 Å². The number of pyridine rings is 2. The van der Waals surface area contributed by atoms with E-state index in [1.807, 2.05) is 73.7 Å². The lowest BCUT2D eigenvalue weighted by atomic mass is 10.2. The molecule has 3 rings (SSSR count). The third-order valence-corrected chi connectivity index (χ3v) is 3.06. The fraction of sp³-hybridized carbons (Fsp3) is 0.111. The smallest absolute Gasteiger partial charge is 0.219 e. The third kappa shape index (κ3) is 3.66. The van der Waals surface area contributed by atoms with E-state index in [2.05, 4.69) is 9.97 Å². The van der Waals surface area contributed by atoms with Crippen LogP contribution in [-0.4, -0.2) is 9.97 Å². The van der Waals surface area contributed by atoms with Gasteiger partial charge in [-0.1, -0.05) is 30.3 Å². The second-order valence-electron chi connectivity index (χ2n) is 4.83. The van der Waals surface area contributed by atoms with E-state index in [0.29, 0.717) is 12.3 Å². The van der Waals surface area contributed by atoms with Gasteiger partial charge in [-0.15, -0.1) is 0 Å². The van der Waals surface area contributed by atoms with Crippen molar-refractivity contribution in [1.82, 2.24) is 9.97 Å². The minimum Gasteiger partial charge on any atom is -0.439 e. The number of benzene rings is 1. The molecule has 0 saturated carbocycles. The van der Waals surface area contributed by atoms with Crippen molar-refractivity contribution in [2.45, 2.75) is 13.3 Å². The summed E-state index contributed by atoms with van der Waals surface area (Å²) in [5.41, 5.74) is 2.98. The van der Waals surface area contributed by atoms with Gasteiger partial charge in [-0.05, 0) is 37.3 Å². The Morgan fingerprint density at radius 1 is 0.762 bits per heavy atom. The fourth-order valence-corrected chi connectivity index (χ4v) is 2.11. The van der Waals surface area contributed by atoms with Crippen molar-refractivity contribution in [3.63, 3.8) is 0 Å². The van der Waals surface area contributed by atoms with Crippen molar-refractivity contribution >= 4 is 0 Å². The standard InChI is InChI=1S/C18H16N2O/c1-14-7-5-8-15(19-14)13-16-9-6-12-18(20-16)21-17-10-3-2-4-11-17/h2-12H,13H2,1H3. The summed E-state index contributed by atoms with van der Waals surface area (Å²) in [6.45, 7) is 1.99. The molecule has 21 heavy (non-hydrogen) atoms. The zero-order valence-corrected chi connectivity index (χ0v) is 11.9. The summed E-state index contributed by atoms with van der Waals surface area (Å²) >= 11 is 0. The molecule has 3 heteroatoms. The molecule has 3 nitrogen and oxygen atoms in total. The number of para-hydroxylation sites is 1. The van der Waals surface area contributed by atoms with E-state index in [4.69, 9.17) is 4.74 Å². The van der Waals surface area contributed by atoms with Crippen LogP contribution in [0.15, 0.2) is 66.7 Å². The second-order valence-corrected chi connectivity index (χ2v) is 4.83. The molecule has 0 N–H and O–H groups in total. The number of hydrogen-bond donors (Lipinski definition) is 0. The number of ether oxygens (including phenoxy) is 1. The average Bonchev–Trinajstić information content (AvgIpc) is 2.49. The summed E-state index contributed by atoms with van der Waals surface area (Å²) < 4.78 is 5.75. The Hall–Kier alpha value is -2.68. The molecule has 0 atom stereocenters. The highest BCUT2D eigenvalue weighted by Gasteiger charge is 2.03. The van der Waals surface area contributed by atoms with E-state index >= 15 is 0 Å². The first-order chi connectivity index (χ1) is 10.3. The van der Waals surface area contributed by atoms with Gasteiger partial charge in [0.25, 0.3) is 0 Å². The van der Waals surface area contributed by atoms with Gasteiger partial charge in [0.15, 0.2) is 0 Å². The van der Waals surface area contributed by atoms with E-state index in [-0.39, 0.29) is 0 Å². The molecule has 0 bridgehead atoms. The number of aromatic nitrogens is 2. The average molecular weight is 276 g/mol. The van der Waals surface area contributed by atoms with Gasteiger partial charge >= 0.3 is 0 Å². The molecule has 0 aliphatic heterocycles. The lowest BCUT2D eigenvalue weighted by Gasteiger charge is -2.06. The van der Waals surface area contributed by atoms with Crippen LogP contribution in [0, 0.1) is 6.92 Å². The Kier molecular flexibility index (Phi) is 3.92. The Labute approximate surface area is 124 Å². The Balaban J connectivity index is 1.77. The summed E-state index contributed by atoms with van der Waals surface area (Å²) in [5, 5.41) is 0. The second kappa shape index (κ2) is 6.18. The number of hydrogen-bond acceptors (Lipinski definition) is 3. The van der Waals surface area contributed by atoms with Gasteiger partial charge in [0.05, 0.1) is 5.69 Å². The first kappa shape index (κ1) is 13.3. The van der Waals surface area contributed by atoms with Crippen LogP contribution in [-0.2, 0) is 6.42 Å².